The number of nitrogens with one attached hydrogen (secondary N) is 1. The van der Waals surface area contributed by atoms with Crippen molar-refractivity contribution in [2.24, 2.45) is 0 Å². The van der Waals surface area contributed by atoms with Crippen LogP contribution < -0.4 is 19.7 Å². The van der Waals surface area contributed by atoms with Gasteiger partial charge in [-0.05, 0) is 25.5 Å². The Balaban J connectivity index is 1.54. The van der Waals surface area contributed by atoms with Crippen molar-refractivity contribution in [3.05, 3.63) is 35.4 Å². The highest BCUT2D eigenvalue weighted by Gasteiger charge is 2.20. The summed E-state index contributed by atoms with van der Waals surface area (Å²) in [5.41, 5.74) is 3.83. The van der Waals surface area contributed by atoms with E-state index in [0.717, 1.165) is 26.2 Å². The SMILES string of the molecule is COc1cc(OC)nc(NC(=O)CN2CCN(c3ccc(C)cc3C)CC2)n1. The molecule has 0 bridgehead atoms. The molecule has 1 N–H and O–H groups in total. The Morgan fingerprint density at radius 3 is 2.25 bits per heavy atom. The number of nitrogens with zero attached hydrogens (tertiary/aromatic N) is 4. The fourth-order valence-electron chi connectivity index (χ4n) is 3.34. The van der Waals surface area contributed by atoms with E-state index in [2.05, 4.69) is 57.1 Å². The van der Waals surface area contributed by atoms with Gasteiger partial charge >= 0.3 is 0 Å². The average molecular weight is 385 g/mol. The van der Waals surface area contributed by atoms with E-state index < -0.39 is 0 Å². The third kappa shape index (κ3) is 4.89. The Morgan fingerprint density at radius 1 is 1.04 bits per heavy atom. The summed E-state index contributed by atoms with van der Waals surface area (Å²) in [6, 6.07) is 8.09. The Bertz CT molecular complexity index is 812. The van der Waals surface area contributed by atoms with Gasteiger partial charge in [0.2, 0.25) is 23.6 Å². The quantitative estimate of drug-likeness (QED) is 0.813. The summed E-state index contributed by atoms with van der Waals surface area (Å²) >= 11 is 0. The molecule has 8 nitrogen and oxygen atoms in total. The number of piperazine rings is 1. The molecule has 0 saturated carbocycles. The van der Waals surface area contributed by atoms with Gasteiger partial charge in [-0.1, -0.05) is 17.7 Å². The largest absolute Gasteiger partial charge is 0.481 e. The molecule has 0 unspecified atom stereocenters. The van der Waals surface area contributed by atoms with Crippen LogP contribution >= 0.6 is 0 Å². The van der Waals surface area contributed by atoms with Crippen LogP contribution in [0.25, 0.3) is 0 Å². The summed E-state index contributed by atoms with van der Waals surface area (Å²) < 4.78 is 10.2. The number of hydrogen-bond donors (Lipinski definition) is 1. The summed E-state index contributed by atoms with van der Waals surface area (Å²) in [4.78, 5) is 25.2. The second-order valence-corrected chi connectivity index (χ2v) is 6.88. The van der Waals surface area contributed by atoms with Gasteiger partial charge in [0.15, 0.2) is 0 Å². The average Bonchev–Trinajstić information content (AvgIpc) is 2.68. The van der Waals surface area contributed by atoms with Crippen LogP contribution in [0.3, 0.4) is 0 Å². The summed E-state index contributed by atoms with van der Waals surface area (Å²) in [6.45, 7) is 7.97. The molecular weight excluding hydrogens is 358 g/mol. The van der Waals surface area contributed by atoms with Gasteiger partial charge in [-0.2, -0.15) is 9.97 Å². The second kappa shape index (κ2) is 8.88. The second-order valence-electron chi connectivity index (χ2n) is 6.88. The molecule has 1 saturated heterocycles. The van der Waals surface area contributed by atoms with Crippen LogP contribution in [-0.4, -0.2) is 67.7 Å². The molecule has 1 aliphatic heterocycles. The van der Waals surface area contributed by atoms with Crippen molar-refractivity contribution in [2.45, 2.75) is 13.8 Å². The Labute approximate surface area is 165 Å². The molecule has 1 amide bonds. The third-order valence-electron chi connectivity index (χ3n) is 4.78. The smallest absolute Gasteiger partial charge is 0.240 e. The number of anilines is 2. The number of benzene rings is 1. The van der Waals surface area contributed by atoms with Crippen molar-refractivity contribution in [1.82, 2.24) is 14.9 Å². The number of amides is 1. The van der Waals surface area contributed by atoms with Crippen LogP contribution in [0.2, 0.25) is 0 Å². The van der Waals surface area contributed by atoms with Gasteiger partial charge in [-0.25, -0.2) is 0 Å². The van der Waals surface area contributed by atoms with E-state index in [1.807, 2.05) is 0 Å². The van der Waals surface area contributed by atoms with Gasteiger partial charge in [0, 0.05) is 31.9 Å². The predicted molar refractivity (Wildman–Crippen MR) is 108 cm³/mol. The van der Waals surface area contributed by atoms with Gasteiger partial charge < -0.3 is 14.4 Å². The summed E-state index contributed by atoms with van der Waals surface area (Å²) in [7, 11) is 3.01. The summed E-state index contributed by atoms with van der Waals surface area (Å²) in [5.74, 6) is 0.693. The highest BCUT2D eigenvalue weighted by atomic mass is 16.5. The molecule has 2 aromatic rings. The van der Waals surface area contributed by atoms with Gasteiger partial charge in [-0.15, -0.1) is 0 Å². The lowest BCUT2D eigenvalue weighted by atomic mass is 10.1. The first kappa shape index (κ1) is 19.9. The topological polar surface area (TPSA) is 79.8 Å². The Morgan fingerprint density at radius 2 is 1.68 bits per heavy atom. The Kier molecular flexibility index (Phi) is 6.30. The van der Waals surface area contributed by atoms with Crippen molar-refractivity contribution < 1.29 is 14.3 Å². The zero-order chi connectivity index (χ0) is 20.1. The molecule has 1 aromatic heterocycles. The zero-order valence-electron chi connectivity index (χ0n) is 16.9. The number of rotatable bonds is 6. The van der Waals surface area contributed by atoms with E-state index in [9.17, 15) is 4.79 Å². The first-order valence-electron chi connectivity index (χ1n) is 9.30. The molecule has 28 heavy (non-hydrogen) atoms. The molecule has 1 aliphatic rings. The number of carbonyl (C=O) groups is 1. The van der Waals surface area contributed by atoms with Crippen LogP contribution in [0.1, 0.15) is 11.1 Å². The van der Waals surface area contributed by atoms with Crippen molar-refractivity contribution in [2.75, 3.05) is 57.2 Å². The third-order valence-corrected chi connectivity index (χ3v) is 4.78. The number of ether oxygens (including phenoxy) is 2. The number of aromatic nitrogens is 2. The van der Waals surface area contributed by atoms with Gasteiger partial charge in [0.25, 0.3) is 0 Å². The van der Waals surface area contributed by atoms with Crippen molar-refractivity contribution in [3.63, 3.8) is 0 Å². The summed E-state index contributed by atoms with van der Waals surface area (Å²) in [6.07, 6.45) is 0. The van der Waals surface area contributed by atoms with Crippen LogP contribution in [0, 0.1) is 13.8 Å². The standard InChI is InChI=1S/C20H27N5O3/c1-14-5-6-16(15(2)11-14)25-9-7-24(8-10-25)13-17(26)21-20-22-18(27-3)12-19(23-20)28-4/h5-6,11-12H,7-10,13H2,1-4H3,(H,21,22,23,26). The zero-order valence-corrected chi connectivity index (χ0v) is 16.9. The van der Waals surface area contributed by atoms with Gasteiger partial charge in [0.1, 0.15) is 0 Å². The van der Waals surface area contributed by atoms with Crippen LogP contribution in [0.15, 0.2) is 24.3 Å². The first-order chi connectivity index (χ1) is 13.5. The van der Waals surface area contributed by atoms with E-state index >= 15 is 0 Å². The number of aryl methyl sites for hydroxylation is 2. The minimum Gasteiger partial charge on any atom is -0.481 e. The lowest BCUT2D eigenvalue weighted by molar-refractivity contribution is -0.117. The van der Waals surface area contributed by atoms with Gasteiger partial charge in [0.05, 0.1) is 26.8 Å². The Hall–Kier alpha value is -2.87. The monoisotopic (exact) mass is 385 g/mol. The first-order valence-corrected chi connectivity index (χ1v) is 9.30. The number of hydrogen-bond acceptors (Lipinski definition) is 7. The normalized spacial score (nSPS) is 14.6. The predicted octanol–water partition coefficient (Wildman–Crippen LogP) is 1.87. The highest BCUT2D eigenvalue weighted by Crippen LogP contribution is 2.22. The molecule has 2 heterocycles. The van der Waals surface area contributed by atoms with E-state index in [0.29, 0.717) is 18.3 Å². The number of methoxy groups -OCH3 is 2. The maximum absolute atomic E-state index is 12.4. The van der Waals surface area contributed by atoms with Crippen LogP contribution in [-0.2, 0) is 4.79 Å². The fourth-order valence-corrected chi connectivity index (χ4v) is 3.34. The van der Waals surface area contributed by atoms with E-state index in [-0.39, 0.29) is 11.9 Å². The van der Waals surface area contributed by atoms with Crippen molar-refractivity contribution >= 4 is 17.5 Å². The van der Waals surface area contributed by atoms with Crippen LogP contribution in [0.5, 0.6) is 11.8 Å². The van der Waals surface area contributed by atoms with E-state index in [4.69, 9.17) is 9.47 Å². The molecule has 0 radical (unpaired) electrons. The molecule has 0 spiro atoms. The molecular formula is C20H27N5O3. The summed E-state index contributed by atoms with van der Waals surface area (Å²) in [5, 5.41) is 2.72. The minimum absolute atomic E-state index is 0.157. The lowest BCUT2D eigenvalue weighted by Crippen LogP contribution is -2.48. The molecule has 0 aliphatic carbocycles. The highest BCUT2D eigenvalue weighted by molar-refractivity contribution is 5.90. The maximum Gasteiger partial charge on any atom is 0.240 e. The van der Waals surface area contributed by atoms with Gasteiger partial charge in [-0.3, -0.25) is 15.0 Å². The van der Waals surface area contributed by atoms with Crippen LogP contribution in [0.4, 0.5) is 11.6 Å². The fraction of sp³-hybridized carbons (Fsp3) is 0.450. The van der Waals surface area contributed by atoms with E-state index in [1.54, 1.807) is 6.07 Å². The lowest BCUT2D eigenvalue weighted by Gasteiger charge is -2.36. The van der Waals surface area contributed by atoms with Crippen molar-refractivity contribution in [1.29, 1.82) is 0 Å². The molecule has 8 heteroatoms. The molecule has 1 aromatic carbocycles. The molecule has 150 valence electrons. The van der Waals surface area contributed by atoms with Crippen molar-refractivity contribution in [3.8, 4) is 11.8 Å². The molecule has 0 atom stereocenters. The number of carbonyl (C=O) groups excluding carboxylic acids is 1. The minimum atomic E-state index is -0.157. The van der Waals surface area contributed by atoms with E-state index in [1.165, 1.54) is 31.0 Å². The molecule has 3 rings (SSSR count). The maximum atomic E-state index is 12.4. The molecule has 1 fully saturated rings.